The fourth-order valence-corrected chi connectivity index (χ4v) is 2.55. The highest BCUT2D eigenvalue weighted by atomic mass is 16.3. The van der Waals surface area contributed by atoms with E-state index in [0.717, 1.165) is 33.2 Å². The van der Waals surface area contributed by atoms with Crippen LogP contribution in [0.15, 0.2) is 65.2 Å². The molecule has 2 heterocycles. The second-order valence-electron chi connectivity index (χ2n) is 5.03. The van der Waals surface area contributed by atoms with E-state index in [1.54, 1.807) is 0 Å². The summed E-state index contributed by atoms with van der Waals surface area (Å²) in [4.78, 5) is 4.56. The maximum absolute atomic E-state index is 5.96. The van der Waals surface area contributed by atoms with Crippen LogP contribution >= 0.6 is 0 Å². The molecule has 96 valence electrons. The van der Waals surface area contributed by atoms with Crippen molar-refractivity contribution in [2.24, 2.45) is 0 Å². The highest BCUT2D eigenvalue weighted by Gasteiger charge is 2.09. The number of nitrogens with zero attached hydrogens (tertiary/aromatic N) is 1. The number of benzene rings is 2. The lowest BCUT2D eigenvalue weighted by molar-refractivity contribution is 0.668. The second-order valence-corrected chi connectivity index (χ2v) is 5.03. The van der Waals surface area contributed by atoms with Crippen LogP contribution < -0.4 is 0 Å². The van der Waals surface area contributed by atoms with Gasteiger partial charge in [-0.3, -0.25) is 4.98 Å². The number of pyridine rings is 1. The van der Waals surface area contributed by atoms with Crippen LogP contribution in [0.1, 0.15) is 5.56 Å². The number of hydrogen-bond acceptors (Lipinski definition) is 2. The Morgan fingerprint density at radius 1 is 0.850 bits per heavy atom. The minimum Gasteiger partial charge on any atom is -0.456 e. The molecule has 0 saturated carbocycles. The molecule has 0 radical (unpaired) electrons. The van der Waals surface area contributed by atoms with E-state index in [4.69, 9.17) is 4.42 Å². The largest absolute Gasteiger partial charge is 0.456 e. The Bertz CT molecular complexity index is 907. The van der Waals surface area contributed by atoms with E-state index >= 15 is 0 Å². The molecule has 2 aromatic heterocycles. The molecule has 0 fully saturated rings. The van der Waals surface area contributed by atoms with Crippen LogP contribution in [0.5, 0.6) is 0 Å². The van der Waals surface area contributed by atoms with Gasteiger partial charge in [-0.15, -0.1) is 0 Å². The molecule has 0 aliphatic carbocycles. The Labute approximate surface area is 116 Å². The zero-order chi connectivity index (χ0) is 13.5. The summed E-state index contributed by atoms with van der Waals surface area (Å²) in [5, 5.41) is 2.19. The molecule has 2 heteroatoms. The lowest BCUT2D eigenvalue weighted by Gasteiger charge is -1.99. The molecule has 0 atom stereocenters. The van der Waals surface area contributed by atoms with Crippen molar-refractivity contribution in [2.45, 2.75) is 6.92 Å². The average molecular weight is 259 g/mol. The van der Waals surface area contributed by atoms with Crippen LogP contribution in [0.4, 0.5) is 0 Å². The molecule has 0 bridgehead atoms. The molecule has 4 aromatic rings. The van der Waals surface area contributed by atoms with Crippen LogP contribution in [-0.4, -0.2) is 4.98 Å². The third-order valence-corrected chi connectivity index (χ3v) is 3.58. The van der Waals surface area contributed by atoms with Gasteiger partial charge >= 0.3 is 0 Å². The van der Waals surface area contributed by atoms with Crippen LogP contribution in [0.3, 0.4) is 0 Å². The first kappa shape index (κ1) is 11.2. The first-order valence-corrected chi connectivity index (χ1v) is 6.65. The molecule has 0 aliphatic heterocycles. The molecule has 2 aromatic carbocycles. The summed E-state index contributed by atoms with van der Waals surface area (Å²) in [7, 11) is 0. The summed E-state index contributed by atoms with van der Waals surface area (Å²) in [6.07, 6.45) is 1.90. The van der Waals surface area contributed by atoms with E-state index in [-0.39, 0.29) is 0 Å². The van der Waals surface area contributed by atoms with Gasteiger partial charge in [0.05, 0.1) is 5.69 Å². The number of furan rings is 1. The molecule has 0 amide bonds. The maximum atomic E-state index is 5.96. The number of aromatic nitrogens is 1. The van der Waals surface area contributed by atoms with Crippen molar-refractivity contribution in [1.29, 1.82) is 0 Å². The predicted molar refractivity (Wildman–Crippen MR) is 81.7 cm³/mol. The fourth-order valence-electron chi connectivity index (χ4n) is 2.55. The lowest BCUT2D eigenvalue weighted by Crippen LogP contribution is -1.81. The summed E-state index contributed by atoms with van der Waals surface area (Å²) in [6, 6.07) is 18.4. The van der Waals surface area contributed by atoms with Crippen LogP contribution in [0.25, 0.3) is 33.2 Å². The van der Waals surface area contributed by atoms with Gasteiger partial charge in [-0.25, -0.2) is 0 Å². The molecule has 0 unspecified atom stereocenters. The van der Waals surface area contributed by atoms with Gasteiger partial charge in [-0.05, 0) is 18.6 Å². The summed E-state index contributed by atoms with van der Waals surface area (Å²) in [6.45, 7) is 2.07. The van der Waals surface area contributed by atoms with E-state index in [9.17, 15) is 0 Å². The number of aryl methyl sites for hydroxylation is 1. The standard InChI is InChI=1S/C18H13NO/c1-12-7-8-14-15-11-19-16(13-5-3-2-4-6-13)10-18(15)20-17(14)9-12/h2-11H,1H3. The van der Waals surface area contributed by atoms with Gasteiger partial charge in [-0.2, -0.15) is 0 Å². The molecular formula is C18H13NO. The Morgan fingerprint density at radius 3 is 2.50 bits per heavy atom. The summed E-state index contributed by atoms with van der Waals surface area (Å²) in [5.74, 6) is 0. The number of fused-ring (bicyclic) bond motifs is 3. The zero-order valence-corrected chi connectivity index (χ0v) is 11.1. The SMILES string of the molecule is Cc1ccc2c(c1)oc1cc(-c3ccccc3)ncc12. The molecule has 0 saturated heterocycles. The van der Waals surface area contributed by atoms with Gasteiger partial charge < -0.3 is 4.42 Å². The highest BCUT2D eigenvalue weighted by Crippen LogP contribution is 2.31. The topological polar surface area (TPSA) is 26.0 Å². The van der Waals surface area contributed by atoms with Gasteiger partial charge in [0, 0.05) is 28.6 Å². The Hall–Kier alpha value is -2.61. The summed E-state index contributed by atoms with van der Waals surface area (Å²) < 4.78 is 5.96. The molecule has 0 N–H and O–H groups in total. The third-order valence-electron chi connectivity index (χ3n) is 3.58. The van der Waals surface area contributed by atoms with Gasteiger partial charge in [-0.1, -0.05) is 42.5 Å². The minimum absolute atomic E-state index is 0.888. The fraction of sp³-hybridized carbons (Fsp3) is 0.0556. The van der Waals surface area contributed by atoms with E-state index in [0.29, 0.717) is 0 Å². The molecule has 4 rings (SSSR count). The normalized spacial score (nSPS) is 11.2. The van der Waals surface area contributed by atoms with E-state index in [2.05, 4.69) is 42.2 Å². The average Bonchev–Trinajstić information content (AvgIpc) is 2.84. The second kappa shape index (κ2) is 4.20. The molecule has 2 nitrogen and oxygen atoms in total. The summed E-state index contributed by atoms with van der Waals surface area (Å²) >= 11 is 0. The van der Waals surface area contributed by atoms with Crippen molar-refractivity contribution >= 4 is 21.9 Å². The van der Waals surface area contributed by atoms with Crippen molar-refractivity contribution in [3.05, 3.63) is 66.4 Å². The number of hydrogen-bond donors (Lipinski definition) is 0. The first-order valence-electron chi connectivity index (χ1n) is 6.65. The van der Waals surface area contributed by atoms with E-state index < -0.39 is 0 Å². The van der Waals surface area contributed by atoms with Crippen molar-refractivity contribution in [3.63, 3.8) is 0 Å². The zero-order valence-electron chi connectivity index (χ0n) is 11.1. The summed E-state index contributed by atoms with van der Waals surface area (Å²) in [5.41, 5.74) is 5.05. The highest BCUT2D eigenvalue weighted by molar-refractivity contribution is 6.05. The maximum Gasteiger partial charge on any atom is 0.139 e. The van der Waals surface area contributed by atoms with E-state index in [1.165, 1.54) is 5.56 Å². The van der Waals surface area contributed by atoms with E-state index in [1.807, 2.05) is 30.5 Å². The Balaban J connectivity index is 1.98. The monoisotopic (exact) mass is 259 g/mol. The smallest absolute Gasteiger partial charge is 0.139 e. The quantitative estimate of drug-likeness (QED) is 0.483. The van der Waals surface area contributed by atoms with Gasteiger partial charge in [0.2, 0.25) is 0 Å². The van der Waals surface area contributed by atoms with Crippen LogP contribution in [-0.2, 0) is 0 Å². The molecule has 0 aliphatic rings. The third kappa shape index (κ3) is 1.69. The van der Waals surface area contributed by atoms with Crippen molar-refractivity contribution in [2.75, 3.05) is 0 Å². The minimum atomic E-state index is 0.888. The van der Waals surface area contributed by atoms with Crippen LogP contribution in [0.2, 0.25) is 0 Å². The van der Waals surface area contributed by atoms with Crippen LogP contribution in [0, 0.1) is 6.92 Å². The first-order chi connectivity index (χ1) is 9.81. The Kier molecular flexibility index (Phi) is 2.36. The van der Waals surface area contributed by atoms with Crippen molar-refractivity contribution in [3.8, 4) is 11.3 Å². The van der Waals surface area contributed by atoms with Crippen molar-refractivity contribution < 1.29 is 4.42 Å². The number of rotatable bonds is 1. The molecule has 0 spiro atoms. The lowest BCUT2D eigenvalue weighted by atomic mass is 10.1. The van der Waals surface area contributed by atoms with Gasteiger partial charge in [0.25, 0.3) is 0 Å². The molecule has 20 heavy (non-hydrogen) atoms. The molecular weight excluding hydrogens is 246 g/mol. The predicted octanol–water partition coefficient (Wildman–Crippen LogP) is 4.96. The Morgan fingerprint density at radius 2 is 1.65 bits per heavy atom. The van der Waals surface area contributed by atoms with Crippen molar-refractivity contribution in [1.82, 2.24) is 4.98 Å². The van der Waals surface area contributed by atoms with Gasteiger partial charge in [0.15, 0.2) is 0 Å². The van der Waals surface area contributed by atoms with Gasteiger partial charge in [0.1, 0.15) is 11.2 Å².